The quantitative estimate of drug-likeness (QED) is 0.665. The Hall–Kier alpha value is -1.23. The van der Waals surface area contributed by atoms with E-state index in [1.807, 2.05) is 19.1 Å². The molecule has 0 bridgehead atoms. The average molecular weight is 198 g/mol. The standard InChI is InChI=1S/C7H8ClN5/c1-5(8)4-6-2-3-7-9-11-12-13(7)10-6/h2-3,5H,4H2,1H3. The van der Waals surface area contributed by atoms with Crippen LogP contribution in [0.4, 0.5) is 0 Å². The van der Waals surface area contributed by atoms with Crippen LogP contribution in [0.3, 0.4) is 0 Å². The van der Waals surface area contributed by atoms with Gasteiger partial charge < -0.3 is 0 Å². The van der Waals surface area contributed by atoms with Crippen molar-refractivity contribution in [3.63, 3.8) is 0 Å². The van der Waals surface area contributed by atoms with E-state index in [2.05, 4.69) is 20.6 Å². The molecular formula is C7H8ClN5. The Bertz CT molecular complexity index is 410. The van der Waals surface area contributed by atoms with Crippen LogP contribution in [0.5, 0.6) is 0 Å². The molecule has 1 atom stereocenters. The van der Waals surface area contributed by atoms with Crippen LogP contribution in [-0.2, 0) is 6.42 Å². The number of rotatable bonds is 2. The van der Waals surface area contributed by atoms with Gasteiger partial charge in [-0.2, -0.15) is 5.10 Å². The average Bonchev–Trinajstić information content (AvgIpc) is 2.49. The van der Waals surface area contributed by atoms with Crippen LogP contribution in [0.25, 0.3) is 5.65 Å². The second-order valence-electron chi connectivity index (χ2n) is 2.84. The zero-order chi connectivity index (χ0) is 9.26. The van der Waals surface area contributed by atoms with Gasteiger partial charge in [0, 0.05) is 11.8 Å². The SMILES string of the molecule is CC(Cl)Cc1ccc2nnnn2n1. The van der Waals surface area contributed by atoms with Gasteiger partial charge in [0.2, 0.25) is 0 Å². The molecule has 2 aromatic heterocycles. The summed E-state index contributed by atoms with van der Waals surface area (Å²) < 4.78 is 1.40. The van der Waals surface area contributed by atoms with E-state index >= 15 is 0 Å². The van der Waals surface area contributed by atoms with Crippen molar-refractivity contribution in [1.29, 1.82) is 0 Å². The van der Waals surface area contributed by atoms with Crippen molar-refractivity contribution in [2.75, 3.05) is 0 Å². The van der Waals surface area contributed by atoms with E-state index in [0.717, 1.165) is 12.1 Å². The van der Waals surface area contributed by atoms with Crippen LogP contribution in [-0.4, -0.2) is 30.6 Å². The molecule has 0 saturated carbocycles. The molecule has 0 aliphatic carbocycles. The summed E-state index contributed by atoms with van der Waals surface area (Å²) >= 11 is 5.84. The first kappa shape index (κ1) is 8.37. The van der Waals surface area contributed by atoms with Gasteiger partial charge in [0.25, 0.3) is 0 Å². The van der Waals surface area contributed by atoms with Crippen molar-refractivity contribution in [3.05, 3.63) is 17.8 Å². The van der Waals surface area contributed by atoms with Gasteiger partial charge in [-0.1, -0.05) is 0 Å². The molecule has 5 nitrogen and oxygen atoms in total. The lowest BCUT2D eigenvalue weighted by Crippen LogP contribution is -2.04. The molecule has 68 valence electrons. The fourth-order valence-electron chi connectivity index (χ4n) is 1.08. The van der Waals surface area contributed by atoms with Crippen molar-refractivity contribution < 1.29 is 0 Å². The molecule has 1 unspecified atom stereocenters. The summed E-state index contributed by atoms with van der Waals surface area (Å²) in [5, 5.41) is 15.2. The first-order chi connectivity index (χ1) is 6.25. The van der Waals surface area contributed by atoms with Crippen molar-refractivity contribution in [1.82, 2.24) is 25.3 Å². The first-order valence-corrected chi connectivity index (χ1v) is 4.38. The highest BCUT2D eigenvalue weighted by molar-refractivity contribution is 6.20. The predicted molar refractivity (Wildman–Crippen MR) is 47.6 cm³/mol. The van der Waals surface area contributed by atoms with E-state index in [-0.39, 0.29) is 5.38 Å². The summed E-state index contributed by atoms with van der Waals surface area (Å²) in [6.45, 7) is 1.92. The molecule has 0 aliphatic rings. The van der Waals surface area contributed by atoms with Crippen molar-refractivity contribution in [3.8, 4) is 0 Å². The van der Waals surface area contributed by atoms with Gasteiger partial charge >= 0.3 is 0 Å². The van der Waals surface area contributed by atoms with Crippen LogP contribution in [0, 0.1) is 0 Å². The van der Waals surface area contributed by atoms with Crippen LogP contribution in [0.2, 0.25) is 0 Å². The third-order valence-electron chi connectivity index (χ3n) is 1.62. The number of nitrogens with zero attached hydrogens (tertiary/aromatic N) is 5. The predicted octanol–water partition coefficient (Wildman–Crippen LogP) is 0.689. The Labute approximate surface area is 79.7 Å². The van der Waals surface area contributed by atoms with Crippen LogP contribution >= 0.6 is 11.6 Å². The highest BCUT2D eigenvalue weighted by Crippen LogP contribution is 2.05. The highest BCUT2D eigenvalue weighted by Gasteiger charge is 2.03. The van der Waals surface area contributed by atoms with Gasteiger partial charge in [-0.05, 0) is 29.5 Å². The van der Waals surface area contributed by atoms with Gasteiger partial charge in [0.05, 0.1) is 5.69 Å². The molecule has 0 aromatic carbocycles. The number of hydrogen-bond acceptors (Lipinski definition) is 4. The van der Waals surface area contributed by atoms with E-state index in [4.69, 9.17) is 11.6 Å². The summed E-state index contributed by atoms with van der Waals surface area (Å²) in [5.41, 5.74) is 1.54. The summed E-state index contributed by atoms with van der Waals surface area (Å²) in [5.74, 6) is 0. The lowest BCUT2D eigenvalue weighted by atomic mass is 10.2. The van der Waals surface area contributed by atoms with Gasteiger partial charge in [-0.25, -0.2) is 0 Å². The number of tetrazole rings is 1. The minimum atomic E-state index is 0.0708. The Morgan fingerprint density at radius 1 is 1.54 bits per heavy atom. The maximum atomic E-state index is 5.84. The largest absolute Gasteiger partial charge is 0.199 e. The Morgan fingerprint density at radius 2 is 2.38 bits per heavy atom. The molecule has 0 radical (unpaired) electrons. The second-order valence-corrected chi connectivity index (χ2v) is 3.58. The Kier molecular flexibility index (Phi) is 2.10. The van der Waals surface area contributed by atoms with Gasteiger partial charge in [0.15, 0.2) is 5.65 Å². The normalized spacial score (nSPS) is 13.4. The third-order valence-corrected chi connectivity index (χ3v) is 1.77. The number of hydrogen-bond donors (Lipinski definition) is 0. The Balaban J connectivity index is 2.37. The minimum Gasteiger partial charge on any atom is -0.152 e. The number of alkyl halides is 1. The van der Waals surface area contributed by atoms with Gasteiger partial charge in [-0.15, -0.1) is 21.3 Å². The molecule has 2 heterocycles. The third kappa shape index (κ3) is 1.75. The van der Waals surface area contributed by atoms with E-state index in [9.17, 15) is 0 Å². The highest BCUT2D eigenvalue weighted by atomic mass is 35.5. The summed E-state index contributed by atoms with van der Waals surface area (Å²) in [4.78, 5) is 0. The molecule has 0 saturated heterocycles. The fraction of sp³-hybridized carbons (Fsp3) is 0.429. The zero-order valence-corrected chi connectivity index (χ0v) is 7.81. The van der Waals surface area contributed by atoms with E-state index in [1.165, 1.54) is 4.63 Å². The Morgan fingerprint density at radius 3 is 3.15 bits per heavy atom. The van der Waals surface area contributed by atoms with E-state index in [1.54, 1.807) is 0 Å². The number of halogens is 1. The van der Waals surface area contributed by atoms with Crippen LogP contribution in [0.1, 0.15) is 12.6 Å². The van der Waals surface area contributed by atoms with Crippen molar-refractivity contribution in [2.45, 2.75) is 18.7 Å². The van der Waals surface area contributed by atoms with Crippen molar-refractivity contribution in [2.24, 2.45) is 0 Å². The minimum absolute atomic E-state index is 0.0708. The van der Waals surface area contributed by atoms with E-state index in [0.29, 0.717) is 5.65 Å². The lowest BCUT2D eigenvalue weighted by molar-refractivity contribution is 0.703. The zero-order valence-electron chi connectivity index (χ0n) is 7.05. The fourth-order valence-corrected chi connectivity index (χ4v) is 1.24. The number of aromatic nitrogens is 5. The molecule has 0 aliphatic heterocycles. The molecule has 0 spiro atoms. The molecule has 0 fully saturated rings. The molecule has 13 heavy (non-hydrogen) atoms. The van der Waals surface area contributed by atoms with Crippen LogP contribution < -0.4 is 0 Å². The molecule has 2 rings (SSSR count). The van der Waals surface area contributed by atoms with Gasteiger partial charge in [0.1, 0.15) is 0 Å². The van der Waals surface area contributed by atoms with E-state index < -0.39 is 0 Å². The monoisotopic (exact) mass is 197 g/mol. The molecule has 0 amide bonds. The van der Waals surface area contributed by atoms with Crippen LogP contribution in [0.15, 0.2) is 12.1 Å². The first-order valence-electron chi connectivity index (χ1n) is 3.94. The van der Waals surface area contributed by atoms with Crippen molar-refractivity contribution >= 4 is 17.2 Å². The summed E-state index contributed by atoms with van der Waals surface area (Å²) in [7, 11) is 0. The summed E-state index contributed by atoms with van der Waals surface area (Å²) in [6, 6.07) is 3.70. The smallest absolute Gasteiger partial charge is 0.152 e. The second kappa shape index (κ2) is 3.26. The molecule has 0 N–H and O–H groups in total. The summed E-state index contributed by atoms with van der Waals surface area (Å²) in [6.07, 6.45) is 0.720. The maximum Gasteiger partial charge on any atom is 0.199 e. The van der Waals surface area contributed by atoms with Gasteiger partial charge in [-0.3, -0.25) is 0 Å². The topological polar surface area (TPSA) is 56.0 Å². The molecule has 6 heteroatoms. The maximum absolute atomic E-state index is 5.84. The molecular weight excluding hydrogens is 190 g/mol. The lowest BCUT2D eigenvalue weighted by Gasteiger charge is -2.00. The number of fused-ring (bicyclic) bond motifs is 1. The molecule has 2 aromatic rings.